The monoisotopic (exact) mass is 506 g/mol. The molecular formula is C34H38N2O2. The molecule has 196 valence electrons. The largest absolute Gasteiger partial charge is 0.398 e. The quantitative estimate of drug-likeness (QED) is 0.196. The molecule has 0 aliphatic carbocycles. The first kappa shape index (κ1) is 31.5. The topological polar surface area (TPSA) is 73.1 Å². The zero-order valence-electron chi connectivity index (χ0n) is 22.7. The molecule has 1 heterocycles. The second kappa shape index (κ2) is 19.6. The SMILES string of the molecule is CC.CC.Nc1ccccc1C=O.O=CCc1ccccc1.c1ccc(-c2cnc3ccccc3c2)cc1. The summed E-state index contributed by atoms with van der Waals surface area (Å²) in [6, 6.07) is 37.3. The van der Waals surface area contributed by atoms with Crippen LogP contribution in [0.15, 0.2) is 121 Å². The van der Waals surface area contributed by atoms with Crippen LogP contribution in [-0.2, 0) is 11.2 Å². The van der Waals surface area contributed by atoms with Crippen molar-refractivity contribution >= 4 is 29.2 Å². The zero-order chi connectivity index (χ0) is 28.0. The van der Waals surface area contributed by atoms with E-state index in [4.69, 9.17) is 5.73 Å². The van der Waals surface area contributed by atoms with E-state index in [0.717, 1.165) is 23.7 Å². The summed E-state index contributed by atoms with van der Waals surface area (Å²) < 4.78 is 0. The predicted octanol–water partition coefficient (Wildman–Crippen LogP) is 8.46. The Morgan fingerprint density at radius 1 is 0.658 bits per heavy atom. The summed E-state index contributed by atoms with van der Waals surface area (Å²) in [5.74, 6) is 0. The molecule has 0 unspecified atom stereocenters. The minimum absolute atomic E-state index is 0.529. The Labute approximate surface area is 227 Å². The van der Waals surface area contributed by atoms with Crippen LogP contribution in [0.2, 0.25) is 0 Å². The summed E-state index contributed by atoms with van der Waals surface area (Å²) in [4.78, 5) is 24.6. The molecule has 2 N–H and O–H groups in total. The highest BCUT2D eigenvalue weighted by molar-refractivity contribution is 5.83. The molecule has 0 bridgehead atoms. The van der Waals surface area contributed by atoms with Crippen molar-refractivity contribution in [1.82, 2.24) is 4.98 Å². The Morgan fingerprint density at radius 3 is 1.79 bits per heavy atom. The maximum Gasteiger partial charge on any atom is 0.152 e. The van der Waals surface area contributed by atoms with Gasteiger partial charge in [0.2, 0.25) is 0 Å². The van der Waals surface area contributed by atoms with E-state index in [1.54, 1.807) is 24.3 Å². The molecule has 0 amide bonds. The first-order valence-corrected chi connectivity index (χ1v) is 12.9. The molecule has 0 saturated carbocycles. The number of aldehydes is 2. The van der Waals surface area contributed by atoms with Crippen LogP contribution < -0.4 is 5.73 Å². The van der Waals surface area contributed by atoms with Crippen LogP contribution in [-0.4, -0.2) is 17.6 Å². The standard InChI is InChI=1S/C15H11N.C8H8O.C7H7NO.2C2H6/c1-2-6-12(7-3-1)14-10-13-8-4-5-9-15(13)16-11-14;9-7-6-8-4-2-1-3-5-8;8-7-4-2-1-3-6(7)5-9;2*1-2/h1-11H;1-5,7H,6H2;1-5H,8H2;2*1-2H3. The molecule has 0 fully saturated rings. The molecule has 4 heteroatoms. The Hall–Kier alpha value is -4.57. The van der Waals surface area contributed by atoms with Crippen LogP contribution in [0.25, 0.3) is 22.0 Å². The van der Waals surface area contributed by atoms with Crippen molar-refractivity contribution in [2.45, 2.75) is 34.1 Å². The van der Waals surface area contributed by atoms with E-state index in [1.165, 1.54) is 16.5 Å². The van der Waals surface area contributed by atoms with Crippen LogP contribution in [0.3, 0.4) is 0 Å². The van der Waals surface area contributed by atoms with E-state index < -0.39 is 0 Å². The molecule has 1 aromatic heterocycles. The fourth-order valence-corrected chi connectivity index (χ4v) is 3.19. The van der Waals surface area contributed by atoms with Gasteiger partial charge >= 0.3 is 0 Å². The number of anilines is 1. The fourth-order valence-electron chi connectivity index (χ4n) is 3.19. The molecule has 0 radical (unpaired) electrons. The van der Waals surface area contributed by atoms with Crippen LogP contribution in [0.5, 0.6) is 0 Å². The Morgan fingerprint density at radius 2 is 1.21 bits per heavy atom. The smallest absolute Gasteiger partial charge is 0.152 e. The van der Waals surface area contributed by atoms with Crippen LogP contribution in [0.1, 0.15) is 43.6 Å². The van der Waals surface area contributed by atoms with Gasteiger partial charge in [0.15, 0.2) is 6.29 Å². The molecule has 0 atom stereocenters. The lowest BCUT2D eigenvalue weighted by atomic mass is 10.1. The van der Waals surface area contributed by atoms with E-state index in [2.05, 4.69) is 29.2 Å². The Bertz CT molecular complexity index is 1320. The van der Waals surface area contributed by atoms with Gasteiger partial charge in [-0.25, -0.2) is 0 Å². The molecule has 0 aliphatic heterocycles. The summed E-state index contributed by atoms with van der Waals surface area (Å²) in [5.41, 5.74) is 11.0. The maximum absolute atomic E-state index is 10.1. The van der Waals surface area contributed by atoms with Gasteiger partial charge in [0.05, 0.1) is 5.52 Å². The Balaban J connectivity index is 0.000000284. The normalized spacial score (nSPS) is 8.95. The third-order valence-electron chi connectivity index (χ3n) is 4.98. The lowest BCUT2D eigenvalue weighted by Crippen LogP contribution is -1.90. The average molecular weight is 507 g/mol. The number of fused-ring (bicyclic) bond motifs is 1. The number of nitrogens with zero attached hydrogens (tertiary/aromatic N) is 1. The van der Waals surface area contributed by atoms with Gasteiger partial charge in [-0.15, -0.1) is 0 Å². The first-order valence-electron chi connectivity index (χ1n) is 12.9. The van der Waals surface area contributed by atoms with Gasteiger partial charge in [-0.3, -0.25) is 9.78 Å². The number of hydrogen-bond acceptors (Lipinski definition) is 4. The third-order valence-corrected chi connectivity index (χ3v) is 4.98. The molecule has 0 aliphatic rings. The van der Waals surface area contributed by atoms with E-state index in [-0.39, 0.29) is 0 Å². The molecule has 5 rings (SSSR count). The van der Waals surface area contributed by atoms with Crippen molar-refractivity contribution in [2.75, 3.05) is 5.73 Å². The van der Waals surface area contributed by atoms with Gasteiger partial charge in [-0.2, -0.15) is 0 Å². The van der Waals surface area contributed by atoms with Gasteiger partial charge in [-0.05, 0) is 35.4 Å². The predicted molar refractivity (Wildman–Crippen MR) is 162 cm³/mol. The highest BCUT2D eigenvalue weighted by atomic mass is 16.1. The van der Waals surface area contributed by atoms with E-state index >= 15 is 0 Å². The number of carbonyl (C=O) groups excluding carboxylic acids is 2. The van der Waals surface area contributed by atoms with Crippen molar-refractivity contribution in [3.8, 4) is 11.1 Å². The van der Waals surface area contributed by atoms with Crippen molar-refractivity contribution < 1.29 is 9.59 Å². The van der Waals surface area contributed by atoms with Crippen molar-refractivity contribution in [1.29, 1.82) is 0 Å². The summed E-state index contributed by atoms with van der Waals surface area (Å²) in [7, 11) is 0. The number of rotatable bonds is 4. The number of nitrogen functional groups attached to an aromatic ring is 1. The average Bonchev–Trinajstić information content (AvgIpc) is 3.01. The second-order valence-corrected chi connectivity index (χ2v) is 7.39. The molecular weight excluding hydrogens is 468 g/mol. The van der Waals surface area contributed by atoms with Crippen LogP contribution in [0, 0.1) is 0 Å². The lowest BCUT2D eigenvalue weighted by Gasteiger charge is -2.02. The molecule has 38 heavy (non-hydrogen) atoms. The van der Waals surface area contributed by atoms with Gasteiger partial charge in [0, 0.05) is 34.8 Å². The summed E-state index contributed by atoms with van der Waals surface area (Å²) >= 11 is 0. The van der Waals surface area contributed by atoms with Gasteiger partial charge in [0.1, 0.15) is 6.29 Å². The molecule has 4 nitrogen and oxygen atoms in total. The number of nitrogens with two attached hydrogens (primary N) is 1. The number of aromatic nitrogens is 1. The Kier molecular flexibility index (Phi) is 16.2. The number of benzene rings is 4. The number of hydrogen-bond donors (Lipinski definition) is 1. The lowest BCUT2D eigenvalue weighted by molar-refractivity contribution is -0.107. The van der Waals surface area contributed by atoms with Gasteiger partial charge in [-0.1, -0.05) is 119 Å². The van der Waals surface area contributed by atoms with E-state index in [9.17, 15) is 9.59 Å². The molecule has 5 aromatic rings. The third kappa shape index (κ3) is 11.0. The number of carbonyl (C=O) groups is 2. The highest BCUT2D eigenvalue weighted by Gasteiger charge is 1.99. The van der Waals surface area contributed by atoms with E-state index in [1.807, 2.05) is 101 Å². The van der Waals surface area contributed by atoms with Gasteiger partial charge < -0.3 is 10.5 Å². The number of pyridine rings is 1. The first-order chi connectivity index (χ1) is 18.7. The molecule has 4 aromatic carbocycles. The summed E-state index contributed by atoms with van der Waals surface area (Å²) in [6.07, 6.45) is 4.11. The van der Waals surface area contributed by atoms with Crippen molar-refractivity contribution in [3.05, 3.63) is 133 Å². The minimum Gasteiger partial charge on any atom is -0.398 e. The zero-order valence-corrected chi connectivity index (χ0v) is 22.7. The second-order valence-electron chi connectivity index (χ2n) is 7.39. The minimum atomic E-state index is 0.529. The van der Waals surface area contributed by atoms with Crippen molar-refractivity contribution in [3.63, 3.8) is 0 Å². The summed E-state index contributed by atoms with van der Waals surface area (Å²) in [5, 5.41) is 1.18. The van der Waals surface area contributed by atoms with Crippen molar-refractivity contribution in [2.24, 2.45) is 0 Å². The molecule has 0 spiro atoms. The highest BCUT2D eigenvalue weighted by Crippen LogP contribution is 2.22. The maximum atomic E-state index is 10.1. The summed E-state index contributed by atoms with van der Waals surface area (Å²) in [6.45, 7) is 8.00. The van der Waals surface area contributed by atoms with Crippen LogP contribution in [0.4, 0.5) is 5.69 Å². The number of para-hydroxylation sites is 2. The molecule has 0 saturated heterocycles. The van der Waals surface area contributed by atoms with Crippen LogP contribution >= 0.6 is 0 Å². The fraction of sp³-hybridized carbons (Fsp3) is 0.147. The van der Waals surface area contributed by atoms with Gasteiger partial charge in [0.25, 0.3) is 0 Å². The van der Waals surface area contributed by atoms with E-state index in [0.29, 0.717) is 17.7 Å².